The van der Waals surface area contributed by atoms with Crippen LogP contribution in [0, 0.1) is 0 Å². The predicted octanol–water partition coefficient (Wildman–Crippen LogP) is 4.60. The molecular formula is C22H27NO2. The Balaban J connectivity index is 1.70. The minimum Gasteiger partial charge on any atom is -0.497 e. The molecule has 3 rings (SSSR count). The largest absolute Gasteiger partial charge is 0.497 e. The molecule has 1 heterocycles. The minimum absolute atomic E-state index is 0.0131. The highest BCUT2D eigenvalue weighted by Crippen LogP contribution is 2.32. The fourth-order valence-corrected chi connectivity index (χ4v) is 3.74. The molecular weight excluding hydrogens is 310 g/mol. The van der Waals surface area contributed by atoms with Gasteiger partial charge in [0.2, 0.25) is 5.91 Å². The summed E-state index contributed by atoms with van der Waals surface area (Å²) in [6.45, 7) is 3.81. The van der Waals surface area contributed by atoms with Gasteiger partial charge in [-0.3, -0.25) is 4.79 Å². The van der Waals surface area contributed by atoms with Gasteiger partial charge in [0, 0.05) is 19.0 Å². The molecule has 2 unspecified atom stereocenters. The molecule has 132 valence electrons. The number of benzene rings is 2. The molecule has 1 amide bonds. The zero-order chi connectivity index (χ0) is 17.6. The first-order valence-electron chi connectivity index (χ1n) is 9.20. The van der Waals surface area contributed by atoms with Gasteiger partial charge in [0.25, 0.3) is 0 Å². The second-order valence-electron chi connectivity index (χ2n) is 6.79. The summed E-state index contributed by atoms with van der Waals surface area (Å²) >= 11 is 0. The highest BCUT2D eigenvalue weighted by atomic mass is 16.5. The van der Waals surface area contributed by atoms with Gasteiger partial charge in [-0.15, -0.1) is 0 Å². The maximum Gasteiger partial charge on any atom is 0.230 e. The van der Waals surface area contributed by atoms with E-state index in [0.717, 1.165) is 43.7 Å². The van der Waals surface area contributed by atoms with Crippen molar-refractivity contribution in [2.75, 3.05) is 20.2 Å². The van der Waals surface area contributed by atoms with Gasteiger partial charge >= 0.3 is 0 Å². The number of methoxy groups -OCH3 is 1. The highest BCUT2D eigenvalue weighted by molar-refractivity contribution is 5.84. The second kappa shape index (κ2) is 8.19. The quantitative estimate of drug-likeness (QED) is 0.771. The molecule has 1 fully saturated rings. The number of hydrogen-bond acceptors (Lipinski definition) is 2. The van der Waals surface area contributed by atoms with Crippen molar-refractivity contribution in [3.63, 3.8) is 0 Å². The van der Waals surface area contributed by atoms with Gasteiger partial charge in [0.15, 0.2) is 0 Å². The average Bonchev–Trinajstić information content (AvgIpc) is 3.16. The highest BCUT2D eigenvalue weighted by Gasteiger charge is 2.31. The van der Waals surface area contributed by atoms with Crippen molar-refractivity contribution in [1.29, 1.82) is 0 Å². The van der Waals surface area contributed by atoms with E-state index in [1.54, 1.807) is 7.11 Å². The molecule has 2 aromatic carbocycles. The molecule has 0 bridgehead atoms. The van der Waals surface area contributed by atoms with Gasteiger partial charge in [0.05, 0.1) is 13.0 Å². The summed E-state index contributed by atoms with van der Waals surface area (Å²) in [5.41, 5.74) is 2.44. The number of carbonyl (C=O) groups is 1. The summed E-state index contributed by atoms with van der Waals surface area (Å²) in [5, 5.41) is 0. The second-order valence-corrected chi connectivity index (χ2v) is 6.79. The molecule has 1 saturated heterocycles. The van der Waals surface area contributed by atoms with Crippen molar-refractivity contribution >= 4 is 5.91 Å². The van der Waals surface area contributed by atoms with Crippen molar-refractivity contribution in [3.8, 4) is 5.75 Å². The van der Waals surface area contributed by atoms with E-state index in [4.69, 9.17) is 4.74 Å². The van der Waals surface area contributed by atoms with Crippen LogP contribution in [0.2, 0.25) is 0 Å². The topological polar surface area (TPSA) is 29.5 Å². The van der Waals surface area contributed by atoms with E-state index >= 15 is 0 Å². The Morgan fingerprint density at radius 2 is 1.88 bits per heavy atom. The number of ether oxygens (including phenoxy) is 1. The molecule has 0 aromatic heterocycles. The molecule has 0 radical (unpaired) electrons. The van der Waals surface area contributed by atoms with Crippen LogP contribution in [0.1, 0.15) is 49.1 Å². The van der Waals surface area contributed by atoms with Gasteiger partial charge in [-0.25, -0.2) is 0 Å². The van der Waals surface area contributed by atoms with Crippen LogP contribution >= 0.6 is 0 Å². The molecule has 3 heteroatoms. The van der Waals surface area contributed by atoms with Crippen molar-refractivity contribution in [3.05, 3.63) is 65.7 Å². The van der Waals surface area contributed by atoms with E-state index in [-0.39, 0.29) is 11.8 Å². The van der Waals surface area contributed by atoms with Crippen molar-refractivity contribution in [2.45, 2.75) is 38.0 Å². The van der Waals surface area contributed by atoms with Gasteiger partial charge in [0.1, 0.15) is 5.75 Å². The summed E-state index contributed by atoms with van der Waals surface area (Å²) in [6, 6.07) is 18.5. The number of rotatable bonds is 6. The number of amides is 1. The molecule has 2 atom stereocenters. The summed E-state index contributed by atoms with van der Waals surface area (Å²) in [7, 11) is 1.68. The number of hydrogen-bond donors (Lipinski definition) is 0. The number of nitrogens with zero attached hydrogens (tertiary/aromatic N) is 1. The van der Waals surface area contributed by atoms with Crippen LogP contribution in [0.5, 0.6) is 5.75 Å². The maximum atomic E-state index is 13.1. The minimum atomic E-state index is -0.0131. The first-order chi connectivity index (χ1) is 12.2. The molecule has 3 nitrogen and oxygen atoms in total. The number of carbonyl (C=O) groups excluding carboxylic acids is 1. The van der Waals surface area contributed by atoms with Gasteiger partial charge in [-0.1, -0.05) is 55.8 Å². The van der Waals surface area contributed by atoms with E-state index in [1.807, 2.05) is 30.3 Å². The summed E-state index contributed by atoms with van der Waals surface area (Å²) in [6.07, 6.45) is 2.96. The standard InChI is InChI=1S/C22H27NO2/c1-3-7-21(18-8-5-4-6-9-18)22(24)23-15-14-19(16-23)17-10-12-20(25-2)13-11-17/h4-6,8-13,19,21H,3,7,14-16H2,1-2H3. The molecule has 1 aliphatic heterocycles. The van der Waals surface area contributed by atoms with Crippen LogP contribution in [-0.2, 0) is 4.79 Å². The lowest BCUT2D eigenvalue weighted by atomic mass is 9.93. The molecule has 1 aliphatic rings. The Morgan fingerprint density at radius 1 is 1.16 bits per heavy atom. The lowest BCUT2D eigenvalue weighted by Crippen LogP contribution is -2.33. The maximum absolute atomic E-state index is 13.1. The lowest BCUT2D eigenvalue weighted by molar-refractivity contribution is -0.132. The fraction of sp³-hybridized carbons (Fsp3) is 0.409. The van der Waals surface area contributed by atoms with Gasteiger partial charge in [-0.05, 0) is 36.1 Å². The first kappa shape index (κ1) is 17.5. The fourth-order valence-electron chi connectivity index (χ4n) is 3.74. The van der Waals surface area contributed by atoms with E-state index in [9.17, 15) is 4.79 Å². The first-order valence-corrected chi connectivity index (χ1v) is 9.20. The Morgan fingerprint density at radius 3 is 2.52 bits per heavy atom. The smallest absolute Gasteiger partial charge is 0.230 e. The lowest BCUT2D eigenvalue weighted by Gasteiger charge is -2.24. The summed E-state index contributed by atoms with van der Waals surface area (Å²) in [4.78, 5) is 15.2. The van der Waals surface area contributed by atoms with Gasteiger partial charge < -0.3 is 9.64 Å². The third kappa shape index (κ3) is 4.04. The monoisotopic (exact) mass is 337 g/mol. The zero-order valence-electron chi connectivity index (χ0n) is 15.2. The Labute approximate surface area is 150 Å². The van der Waals surface area contributed by atoms with Crippen molar-refractivity contribution in [2.24, 2.45) is 0 Å². The van der Waals surface area contributed by atoms with Crippen LogP contribution < -0.4 is 4.74 Å². The van der Waals surface area contributed by atoms with Crippen LogP contribution in [0.25, 0.3) is 0 Å². The Bertz CT molecular complexity index is 681. The predicted molar refractivity (Wildman–Crippen MR) is 101 cm³/mol. The SMILES string of the molecule is CCCC(C(=O)N1CCC(c2ccc(OC)cc2)C1)c1ccccc1. The van der Waals surface area contributed by atoms with E-state index < -0.39 is 0 Å². The average molecular weight is 337 g/mol. The van der Waals surface area contributed by atoms with E-state index in [0.29, 0.717) is 5.92 Å². The van der Waals surface area contributed by atoms with Crippen LogP contribution in [-0.4, -0.2) is 31.0 Å². The molecule has 0 spiro atoms. The number of likely N-dealkylation sites (tertiary alicyclic amines) is 1. The third-order valence-electron chi connectivity index (χ3n) is 5.16. The summed E-state index contributed by atoms with van der Waals surface area (Å²) < 4.78 is 5.23. The third-order valence-corrected chi connectivity index (χ3v) is 5.16. The molecule has 0 saturated carbocycles. The van der Waals surface area contributed by atoms with Crippen LogP contribution in [0.3, 0.4) is 0 Å². The normalized spacial score (nSPS) is 18.2. The molecule has 25 heavy (non-hydrogen) atoms. The van der Waals surface area contributed by atoms with E-state index in [1.165, 1.54) is 5.56 Å². The molecule has 2 aromatic rings. The van der Waals surface area contributed by atoms with E-state index in [2.05, 4.69) is 36.1 Å². The zero-order valence-corrected chi connectivity index (χ0v) is 15.2. The van der Waals surface area contributed by atoms with Crippen LogP contribution in [0.4, 0.5) is 0 Å². The Hall–Kier alpha value is -2.29. The van der Waals surface area contributed by atoms with Crippen molar-refractivity contribution in [1.82, 2.24) is 4.90 Å². The molecule has 0 N–H and O–H groups in total. The summed E-state index contributed by atoms with van der Waals surface area (Å²) in [5.74, 6) is 1.57. The Kier molecular flexibility index (Phi) is 5.75. The molecule has 0 aliphatic carbocycles. The van der Waals surface area contributed by atoms with Gasteiger partial charge in [-0.2, -0.15) is 0 Å². The van der Waals surface area contributed by atoms with Crippen LogP contribution in [0.15, 0.2) is 54.6 Å². The van der Waals surface area contributed by atoms with Crippen molar-refractivity contribution < 1.29 is 9.53 Å².